The zero-order valence-corrected chi connectivity index (χ0v) is 21.3. The summed E-state index contributed by atoms with van der Waals surface area (Å²) in [5.74, 6) is 1.36. The first-order valence-corrected chi connectivity index (χ1v) is 12.9. The molecule has 0 unspecified atom stereocenters. The van der Waals surface area contributed by atoms with E-state index in [1.54, 1.807) is 6.21 Å². The Morgan fingerprint density at radius 2 is 1.64 bits per heavy atom. The molecule has 2 aromatic carbocycles. The number of allylic oxidation sites excluding steroid dienone is 2. The number of carbonyl (C=O) groups is 2. The van der Waals surface area contributed by atoms with Gasteiger partial charge in [0.25, 0.3) is 11.8 Å². The van der Waals surface area contributed by atoms with Gasteiger partial charge in [0.15, 0.2) is 0 Å². The summed E-state index contributed by atoms with van der Waals surface area (Å²) in [5.41, 5.74) is 1.62. The molecule has 5 aliphatic rings. The van der Waals surface area contributed by atoms with Crippen LogP contribution in [0.3, 0.4) is 0 Å². The minimum atomic E-state index is -0.243. The van der Waals surface area contributed by atoms with Gasteiger partial charge in [-0.15, -0.1) is 0 Å². The molecule has 7 rings (SSSR count). The number of ether oxygens (including phenoxy) is 1. The molecule has 0 spiro atoms. The smallest absolute Gasteiger partial charge is 0.254 e. The van der Waals surface area contributed by atoms with Crippen molar-refractivity contribution in [2.24, 2.45) is 40.6 Å². The Balaban J connectivity index is 1.19. The highest BCUT2D eigenvalue weighted by atomic mass is 79.9. The average molecular weight is 591 g/mol. The van der Waals surface area contributed by atoms with E-state index in [1.165, 1.54) is 0 Å². The molecule has 33 heavy (non-hydrogen) atoms. The van der Waals surface area contributed by atoms with Crippen LogP contribution in [0.15, 0.2) is 62.6 Å². The molecule has 0 radical (unpaired) electrons. The first-order chi connectivity index (χ1) is 15.9. The van der Waals surface area contributed by atoms with E-state index in [4.69, 9.17) is 16.3 Å². The molecule has 8 heteroatoms. The van der Waals surface area contributed by atoms with Crippen LogP contribution < -0.4 is 4.74 Å². The Morgan fingerprint density at radius 3 is 2.24 bits per heavy atom. The van der Waals surface area contributed by atoms with Crippen molar-refractivity contribution in [3.05, 3.63) is 73.6 Å². The van der Waals surface area contributed by atoms with Crippen LogP contribution in [0.1, 0.15) is 17.5 Å². The number of hydrogen-bond donors (Lipinski definition) is 0. The minimum absolute atomic E-state index is 0.163. The van der Waals surface area contributed by atoms with Gasteiger partial charge in [0.2, 0.25) is 0 Å². The first-order valence-electron chi connectivity index (χ1n) is 10.9. The van der Waals surface area contributed by atoms with Gasteiger partial charge < -0.3 is 4.74 Å². The van der Waals surface area contributed by atoms with Gasteiger partial charge >= 0.3 is 0 Å². The lowest BCUT2D eigenvalue weighted by Crippen LogP contribution is -2.40. The number of imide groups is 1. The van der Waals surface area contributed by atoms with Crippen molar-refractivity contribution in [2.75, 3.05) is 0 Å². The van der Waals surface area contributed by atoms with Crippen LogP contribution in [0.5, 0.6) is 5.75 Å². The summed E-state index contributed by atoms with van der Waals surface area (Å²) in [7, 11) is 0. The molecule has 4 aliphatic carbocycles. The largest absolute Gasteiger partial charge is 0.486 e. The predicted octanol–water partition coefficient (Wildman–Crippen LogP) is 5.83. The number of hydrogen-bond acceptors (Lipinski definition) is 4. The summed E-state index contributed by atoms with van der Waals surface area (Å²) in [4.78, 5) is 26.1. The third-order valence-corrected chi connectivity index (χ3v) is 8.86. The number of halogens is 3. The summed E-state index contributed by atoms with van der Waals surface area (Å²) in [6.45, 7) is 0.322. The molecule has 1 saturated heterocycles. The normalized spacial score (nSPS) is 31.3. The van der Waals surface area contributed by atoms with Crippen molar-refractivity contribution in [1.82, 2.24) is 5.01 Å². The molecule has 2 amide bonds. The zero-order valence-electron chi connectivity index (χ0n) is 17.3. The molecule has 1 heterocycles. The second kappa shape index (κ2) is 8.07. The lowest BCUT2D eigenvalue weighted by atomic mass is 9.63. The van der Waals surface area contributed by atoms with Crippen LogP contribution in [-0.2, 0) is 16.2 Å². The summed E-state index contributed by atoms with van der Waals surface area (Å²) >= 11 is 13.3. The number of carbonyl (C=O) groups excluding carboxylic acids is 2. The Labute approximate surface area is 213 Å². The number of amides is 2. The molecule has 0 aromatic heterocycles. The molecular formula is C25H19Br2ClN2O3. The van der Waals surface area contributed by atoms with E-state index in [0.717, 1.165) is 31.5 Å². The van der Waals surface area contributed by atoms with Crippen LogP contribution in [-0.4, -0.2) is 23.0 Å². The number of benzene rings is 2. The van der Waals surface area contributed by atoms with E-state index in [9.17, 15) is 9.59 Å². The average Bonchev–Trinajstić information content (AvgIpc) is 3.57. The highest BCUT2D eigenvalue weighted by Gasteiger charge is 2.67. The summed E-state index contributed by atoms with van der Waals surface area (Å²) < 4.78 is 7.41. The Morgan fingerprint density at radius 1 is 1.03 bits per heavy atom. The Bertz CT molecular complexity index is 1190. The van der Waals surface area contributed by atoms with Crippen LogP contribution in [0.2, 0.25) is 5.02 Å². The molecule has 1 aliphatic heterocycles. The van der Waals surface area contributed by atoms with E-state index in [0.29, 0.717) is 29.2 Å². The van der Waals surface area contributed by atoms with Crippen molar-refractivity contribution in [3.8, 4) is 5.75 Å². The Hall–Kier alpha value is -1.96. The van der Waals surface area contributed by atoms with Gasteiger partial charge in [-0.25, -0.2) is 0 Å². The molecule has 3 fully saturated rings. The zero-order chi connectivity index (χ0) is 22.9. The summed E-state index contributed by atoms with van der Waals surface area (Å²) in [5, 5.41) is 6.06. The highest BCUT2D eigenvalue weighted by molar-refractivity contribution is 9.11. The predicted molar refractivity (Wildman–Crippen MR) is 132 cm³/mol. The fourth-order valence-corrected chi connectivity index (χ4v) is 7.38. The topological polar surface area (TPSA) is 59.0 Å². The lowest BCUT2D eigenvalue weighted by molar-refractivity contribution is -0.140. The van der Waals surface area contributed by atoms with Gasteiger partial charge in [0.05, 0.1) is 27.0 Å². The summed E-state index contributed by atoms with van der Waals surface area (Å²) in [6.07, 6.45) is 7.02. The second-order valence-electron chi connectivity index (χ2n) is 9.08. The second-order valence-corrected chi connectivity index (χ2v) is 11.2. The van der Waals surface area contributed by atoms with Crippen molar-refractivity contribution in [1.29, 1.82) is 0 Å². The van der Waals surface area contributed by atoms with E-state index in [2.05, 4.69) is 49.1 Å². The van der Waals surface area contributed by atoms with Gasteiger partial charge in [0, 0.05) is 10.6 Å². The van der Waals surface area contributed by atoms with Gasteiger partial charge in [-0.3, -0.25) is 9.59 Å². The van der Waals surface area contributed by atoms with Gasteiger partial charge in [-0.05, 0) is 85.7 Å². The minimum Gasteiger partial charge on any atom is -0.486 e. The fraction of sp³-hybridized carbons (Fsp3) is 0.320. The molecule has 5 nitrogen and oxygen atoms in total. The van der Waals surface area contributed by atoms with Crippen LogP contribution in [0, 0.1) is 35.5 Å². The van der Waals surface area contributed by atoms with E-state index >= 15 is 0 Å². The van der Waals surface area contributed by atoms with Gasteiger partial charge in [0.1, 0.15) is 12.4 Å². The van der Waals surface area contributed by atoms with Gasteiger partial charge in [-0.1, -0.05) is 42.0 Å². The summed E-state index contributed by atoms with van der Waals surface area (Å²) in [6, 6.07) is 11.2. The number of hydrazone groups is 1. The molecule has 2 saturated carbocycles. The molecule has 2 bridgehead atoms. The third-order valence-electron chi connectivity index (χ3n) is 7.31. The van der Waals surface area contributed by atoms with Crippen molar-refractivity contribution in [3.63, 3.8) is 0 Å². The maximum Gasteiger partial charge on any atom is 0.254 e. The molecule has 168 valence electrons. The molecular weight excluding hydrogens is 572 g/mol. The standard InChI is InChI=1S/C25H19Br2ClN2O3/c26-18-7-12(8-19(27)23(18)33-11-13-3-1-2-4-20(13)28)10-29-30-24(31)21-14-5-6-15(17-9-16(14)17)22(21)25(30)32/h1-8,10,14-17,21-22H,9,11H2/b29-10-/t14-,15-,16-,17-,21-,22+/m0/s1. The van der Waals surface area contributed by atoms with Crippen LogP contribution in [0.4, 0.5) is 0 Å². The van der Waals surface area contributed by atoms with Crippen molar-refractivity contribution < 1.29 is 14.3 Å². The highest BCUT2D eigenvalue weighted by Crippen LogP contribution is 2.65. The monoisotopic (exact) mass is 588 g/mol. The van der Waals surface area contributed by atoms with Crippen molar-refractivity contribution in [2.45, 2.75) is 13.0 Å². The van der Waals surface area contributed by atoms with Crippen LogP contribution in [0.25, 0.3) is 0 Å². The van der Waals surface area contributed by atoms with Crippen molar-refractivity contribution >= 4 is 61.5 Å². The quantitative estimate of drug-likeness (QED) is 0.250. The molecule has 2 aromatic rings. The lowest BCUT2D eigenvalue weighted by Gasteiger charge is -2.37. The molecule has 6 atom stereocenters. The van der Waals surface area contributed by atoms with Gasteiger partial charge in [-0.2, -0.15) is 10.1 Å². The maximum atomic E-state index is 13.1. The third kappa shape index (κ3) is 3.51. The first kappa shape index (κ1) is 21.6. The van der Waals surface area contributed by atoms with Crippen LogP contribution >= 0.6 is 43.5 Å². The molecule has 0 N–H and O–H groups in total. The van der Waals surface area contributed by atoms with E-state index in [1.807, 2.05) is 36.4 Å². The number of rotatable bonds is 5. The Kier molecular flexibility index (Phi) is 5.27. The fourth-order valence-electron chi connectivity index (χ4n) is 5.74. The van der Waals surface area contributed by atoms with E-state index < -0.39 is 0 Å². The number of nitrogens with zero attached hydrogens (tertiary/aromatic N) is 2. The SMILES string of the molecule is O=C1[C@@H]2[C@H]3C=C[C@@H]([C@@H]4C[C@@H]34)[C@@H]2C(=O)N1/N=C\c1cc(Br)c(OCc2ccccc2Cl)c(Br)c1. The maximum absolute atomic E-state index is 13.1. The van der Waals surface area contributed by atoms with E-state index in [-0.39, 0.29) is 35.5 Å².